The molecule has 3 rings (SSSR count). The third-order valence-electron chi connectivity index (χ3n) is 5.17. The maximum absolute atomic E-state index is 13.3. The van der Waals surface area contributed by atoms with Crippen molar-refractivity contribution in [3.05, 3.63) is 57.2 Å². The number of hydrogen-bond donors (Lipinski definition) is 1. The van der Waals surface area contributed by atoms with E-state index in [9.17, 15) is 9.59 Å². The number of nitrogens with one attached hydrogen (secondary N) is 1. The smallest absolute Gasteiger partial charge is 0.338 e. The first-order valence-corrected chi connectivity index (χ1v) is 12.0. The summed E-state index contributed by atoms with van der Waals surface area (Å²) in [6, 6.07) is 7.02. The van der Waals surface area contributed by atoms with Crippen LogP contribution >= 0.6 is 23.4 Å². The van der Waals surface area contributed by atoms with Crippen LogP contribution in [0.2, 0.25) is 5.02 Å². The minimum Gasteiger partial charge on any atom is -0.456 e. The number of allylic oxidation sites excluding steroid dienone is 1. The van der Waals surface area contributed by atoms with Gasteiger partial charge in [0.05, 0.1) is 23.7 Å². The maximum atomic E-state index is 13.3. The predicted molar refractivity (Wildman–Crippen MR) is 130 cm³/mol. The van der Waals surface area contributed by atoms with Crippen LogP contribution in [0.25, 0.3) is 0 Å². The molecule has 8 heteroatoms. The molecule has 0 saturated heterocycles. The number of hydrogen-bond acceptors (Lipinski definition) is 6. The number of ether oxygens (including phenoxy) is 1. The molecule has 1 N–H and O–H groups in total. The van der Waals surface area contributed by atoms with E-state index in [0.29, 0.717) is 16.3 Å². The lowest BCUT2D eigenvalue weighted by atomic mass is 9.93. The molecule has 0 aromatic heterocycles. The quantitative estimate of drug-likeness (QED) is 0.545. The molecule has 2 heterocycles. The second kappa shape index (κ2) is 9.71. The van der Waals surface area contributed by atoms with Gasteiger partial charge in [-0.15, -0.1) is 0 Å². The predicted octanol–water partition coefficient (Wildman–Crippen LogP) is 5.56. The topological polar surface area (TPSA) is 71.0 Å². The summed E-state index contributed by atoms with van der Waals surface area (Å²) in [7, 11) is 0. The van der Waals surface area contributed by atoms with Crippen molar-refractivity contribution in [1.82, 2.24) is 10.2 Å². The number of fused-ring (bicyclic) bond motifs is 1. The highest BCUT2D eigenvalue weighted by Gasteiger charge is 2.41. The van der Waals surface area contributed by atoms with Crippen LogP contribution in [0.3, 0.4) is 0 Å². The molecule has 0 radical (unpaired) electrons. The number of esters is 1. The van der Waals surface area contributed by atoms with Crippen molar-refractivity contribution in [2.45, 2.75) is 72.1 Å². The van der Waals surface area contributed by atoms with Gasteiger partial charge in [0.25, 0.3) is 0 Å². The summed E-state index contributed by atoms with van der Waals surface area (Å²) in [5.41, 5.74) is 2.09. The van der Waals surface area contributed by atoms with Gasteiger partial charge in [0.2, 0.25) is 5.91 Å². The van der Waals surface area contributed by atoms with E-state index in [-0.39, 0.29) is 18.4 Å². The van der Waals surface area contributed by atoms with Crippen molar-refractivity contribution in [1.29, 1.82) is 0 Å². The Hall–Kier alpha value is -2.25. The van der Waals surface area contributed by atoms with E-state index in [1.165, 1.54) is 11.8 Å². The number of carbonyl (C=O) groups is 2. The SMILES string of the molecule is CC[C@@H](C)NC(=O)CC1=CSC2=NC(C)=C(C(=O)OC(C)(C)C)[C@H](c3ccc(Cl)cc3)N12. The number of amidine groups is 1. The van der Waals surface area contributed by atoms with Gasteiger partial charge in [-0.1, -0.05) is 42.4 Å². The largest absolute Gasteiger partial charge is 0.456 e. The molecule has 0 bridgehead atoms. The van der Waals surface area contributed by atoms with Gasteiger partial charge < -0.3 is 15.0 Å². The van der Waals surface area contributed by atoms with E-state index in [0.717, 1.165) is 22.8 Å². The lowest BCUT2D eigenvalue weighted by molar-refractivity contribution is -0.150. The van der Waals surface area contributed by atoms with Crippen LogP contribution < -0.4 is 5.32 Å². The molecule has 2 aliphatic heterocycles. The summed E-state index contributed by atoms with van der Waals surface area (Å²) >= 11 is 7.58. The zero-order valence-corrected chi connectivity index (χ0v) is 20.9. The third kappa shape index (κ3) is 5.56. The standard InChI is InChI=1S/C24H30ClN3O3S/c1-7-14(2)26-19(29)12-18-13-32-23-27-15(3)20(22(30)31-24(4,5)6)21(28(18)23)16-8-10-17(25)11-9-16/h8-11,13-14,21H,7,12H2,1-6H3,(H,26,29)/t14-,21+/m1/s1. The van der Waals surface area contributed by atoms with Gasteiger partial charge >= 0.3 is 5.97 Å². The van der Waals surface area contributed by atoms with Gasteiger partial charge in [-0.25, -0.2) is 9.79 Å². The lowest BCUT2D eigenvalue weighted by Gasteiger charge is -2.37. The van der Waals surface area contributed by atoms with Gasteiger partial charge in [0.15, 0.2) is 5.17 Å². The van der Waals surface area contributed by atoms with Crippen LogP contribution in [0, 0.1) is 0 Å². The van der Waals surface area contributed by atoms with Crippen LogP contribution in [0.1, 0.15) is 66.0 Å². The van der Waals surface area contributed by atoms with Crippen LogP contribution in [0.5, 0.6) is 0 Å². The first-order valence-electron chi connectivity index (χ1n) is 10.7. The monoisotopic (exact) mass is 475 g/mol. The normalized spacial score (nSPS) is 19.2. The van der Waals surface area contributed by atoms with Gasteiger partial charge in [-0.3, -0.25) is 4.79 Å². The van der Waals surface area contributed by atoms with Crippen molar-refractivity contribution >= 4 is 40.4 Å². The second-order valence-corrected chi connectivity index (χ2v) is 10.3. The van der Waals surface area contributed by atoms with Crippen molar-refractivity contribution in [2.75, 3.05) is 0 Å². The molecule has 2 atom stereocenters. The Morgan fingerprint density at radius 2 is 1.94 bits per heavy atom. The van der Waals surface area contributed by atoms with Crippen molar-refractivity contribution in [3.63, 3.8) is 0 Å². The van der Waals surface area contributed by atoms with Crippen molar-refractivity contribution in [2.24, 2.45) is 4.99 Å². The molecular weight excluding hydrogens is 446 g/mol. The van der Waals surface area contributed by atoms with Crippen molar-refractivity contribution in [3.8, 4) is 0 Å². The zero-order valence-electron chi connectivity index (χ0n) is 19.4. The first kappa shape index (κ1) is 24.4. The Morgan fingerprint density at radius 3 is 2.53 bits per heavy atom. The summed E-state index contributed by atoms with van der Waals surface area (Å²) in [4.78, 5) is 32.6. The van der Waals surface area contributed by atoms with E-state index < -0.39 is 17.6 Å². The number of carbonyl (C=O) groups excluding carboxylic acids is 2. The van der Waals surface area contributed by atoms with Gasteiger partial charge in [-0.05, 0) is 64.1 Å². The Kier molecular flexibility index (Phi) is 7.40. The Labute approximate surface area is 199 Å². The van der Waals surface area contributed by atoms with E-state index >= 15 is 0 Å². The zero-order chi connectivity index (χ0) is 23.6. The third-order valence-corrected chi connectivity index (χ3v) is 6.31. The van der Waals surface area contributed by atoms with Crippen LogP contribution in [0.4, 0.5) is 0 Å². The Morgan fingerprint density at radius 1 is 1.28 bits per heavy atom. The Balaban J connectivity index is 2.01. The molecule has 0 spiro atoms. The molecule has 6 nitrogen and oxygen atoms in total. The number of benzene rings is 1. The van der Waals surface area contributed by atoms with Gasteiger partial charge in [-0.2, -0.15) is 0 Å². The van der Waals surface area contributed by atoms with Crippen LogP contribution in [-0.4, -0.2) is 33.6 Å². The van der Waals surface area contributed by atoms with E-state index in [1.54, 1.807) is 12.1 Å². The fourth-order valence-electron chi connectivity index (χ4n) is 3.52. The molecule has 0 unspecified atom stereocenters. The van der Waals surface area contributed by atoms with Gasteiger partial charge in [0, 0.05) is 16.8 Å². The molecule has 0 fully saturated rings. The highest BCUT2D eigenvalue weighted by molar-refractivity contribution is 8.16. The van der Waals surface area contributed by atoms with Crippen LogP contribution in [-0.2, 0) is 14.3 Å². The average Bonchev–Trinajstić information content (AvgIpc) is 3.07. The molecule has 1 aromatic rings. The highest BCUT2D eigenvalue weighted by atomic mass is 35.5. The highest BCUT2D eigenvalue weighted by Crippen LogP contribution is 2.45. The summed E-state index contributed by atoms with van der Waals surface area (Å²) in [6.07, 6.45) is 1.05. The number of nitrogens with zero attached hydrogens (tertiary/aromatic N) is 2. The number of aliphatic imine (C=N–C) groups is 1. The van der Waals surface area contributed by atoms with Gasteiger partial charge in [0.1, 0.15) is 5.60 Å². The van der Waals surface area contributed by atoms with E-state index in [1.807, 2.05) is 64.0 Å². The molecule has 32 heavy (non-hydrogen) atoms. The number of thioether (sulfide) groups is 1. The fourth-order valence-corrected chi connectivity index (χ4v) is 4.61. The number of rotatable bonds is 6. The molecule has 172 valence electrons. The van der Waals surface area contributed by atoms with E-state index in [4.69, 9.17) is 16.3 Å². The van der Waals surface area contributed by atoms with E-state index in [2.05, 4.69) is 10.3 Å². The molecule has 1 aromatic carbocycles. The average molecular weight is 476 g/mol. The van der Waals surface area contributed by atoms with Crippen LogP contribution in [0.15, 0.2) is 51.6 Å². The molecule has 0 aliphatic carbocycles. The summed E-state index contributed by atoms with van der Waals surface area (Å²) < 4.78 is 5.73. The minimum atomic E-state index is -0.645. The maximum Gasteiger partial charge on any atom is 0.338 e. The number of amides is 1. The first-order chi connectivity index (χ1) is 15.0. The minimum absolute atomic E-state index is 0.0626. The fraction of sp³-hybridized carbons (Fsp3) is 0.458. The number of halogens is 1. The van der Waals surface area contributed by atoms with Crippen molar-refractivity contribution < 1.29 is 14.3 Å². The lowest BCUT2D eigenvalue weighted by Crippen LogP contribution is -2.40. The summed E-state index contributed by atoms with van der Waals surface area (Å²) in [5, 5.41) is 6.29. The second-order valence-electron chi connectivity index (χ2n) is 9.00. The molecule has 2 aliphatic rings. The Bertz CT molecular complexity index is 993. The molecule has 1 amide bonds. The molecular formula is C24H30ClN3O3S. The summed E-state index contributed by atoms with van der Waals surface area (Å²) in [6.45, 7) is 11.3. The molecule has 0 saturated carbocycles. The summed E-state index contributed by atoms with van der Waals surface area (Å²) in [5.74, 6) is -0.481.